The van der Waals surface area contributed by atoms with Gasteiger partial charge in [0.05, 0.1) is 0 Å². The summed E-state index contributed by atoms with van der Waals surface area (Å²) < 4.78 is 0. The summed E-state index contributed by atoms with van der Waals surface area (Å²) in [5.74, 6) is 0. The Morgan fingerprint density at radius 2 is 2.33 bits per heavy atom. The van der Waals surface area contributed by atoms with Crippen molar-refractivity contribution in [3.8, 4) is 0 Å². The van der Waals surface area contributed by atoms with Crippen LogP contribution in [0.3, 0.4) is 0 Å². The monoisotopic (exact) mass is 169 g/mol. The van der Waals surface area contributed by atoms with Gasteiger partial charge in [0, 0.05) is 25.2 Å². The Labute approximate surface area is 72.1 Å². The molecule has 0 bridgehead atoms. The van der Waals surface area contributed by atoms with E-state index in [0.717, 1.165) is 32.5 Å². The topological polar surface area (TPSA) is 58.4 Å². The Kier molecular flexibility index (Phi) is 1.72. The lowest BCUT2D eigenvalue weighted by atomic mass is 9.77. The molecular weight excluding hydrogens is 154 g/mol. The van der Waals surface area contributed by atoms with E-state index in [0.29, 0.717) is 0 Å². The number of hydrogen-bond acceptors (Lipinski definition) is 2. The van der Waals surface area contributed by atoms with Gasteiger partial charge < -0.3 is 16.0 Å². The van der Waals surface area contributed by atoms with Gasteiger partial charge in [-0.05, 0) is 19.3 Å². The van der Waals surface area contributed by atoms with Gasteiger partial charge >= 0.3 is 6.03 Å². The fourth-order valence-corrected chi connectivity index (χ4v) is 1.83. The van der Waals surface area contributed by atoms with Crippen LogP contribution in [-0.4, -0.2) is 36.1 Å². The van der Waals surface area contributed by atoms with E-state index in [9.17, 15) is 4.79 Å². The molecule has 3 N–H and O–H groups in total. The van der Waals surface area contributed by atoms with Crippen LogP contribution in [0.4, 0.5) is 4.79 Å². The van der Waals surface area contributed by atoms with Crippen molar-refractivity contribution in [1.29, 1.82) is 0 Å². The zero-order chi connectivity index (χ0) is 8.60. The van der Waals surface area contributed by atoms with Crippen LogP contribution < -0.4 is 11.1 Å². The van der Waals surface area contributed by atoms with Crippen LogP contribution >= 0.6 is 0 Å². The average Bonchev–Trinajstić information content (AvgIpc) is 2.34. The van der Waals surface area contributed by atoms with Gasteiger partial charge in [0.15, 0.2) is 0 Å². The first kappa shape index (κ1) is 7.86. The van der Waals surface area contributed by atoms with E-state index < -0.39 is 0 Å². The molecule has 2 aliphatic rings. The first-order chi connectivity index (χ1) is 5.70. The van der Waals surface area contributed by atoms with Crippen molar-refractivity contribution in [1.82, 2.24) is 10.2 Å². The zero-order valence-corrected chi connectivity index (χ0v) is 7.18. The summed E-state index contributed by atoms with van der Waals surface area (Å²) >= 11 is 0. The molecule has 4 nitrogen and oxygen atoms in total. The maximum Gasteiger partial charge on any atom is 0.317 e. The van der Waals surface area contributed by atoms with Crippen molar-refractivity contribution >= 4 is 6.03 Å². The van der Waals surface area contributed by atoms with Crippen molar-refractivity contribution in [2.45, 2.75) is 24.8 Å². The number of carbonyl (C=O) groups is 1. The van der Waals surface area contributed by atoms with Crippen LogP contribution in [0.5, 0.6) is 0 Å². The van der Waals surface area contributed by atoms with Crippen LogP contribution in [0.1, 0.15) is 19.3 Å². The predicted molar refractivity (Wildman–Crippen MR) is 45.7 cm³/mol. The molecule has 2 rings (SSSR count). The highest BCUT2D eigenvalue weighted by Crippen LogP contribution is 2.30. The second-order valence-corrected chi connectivity index (χ2v) is 3.87. The lowest BCUT2D eigenvalue weighted by Crippen LogP contribution is -2.55. The molecule has 4 heteroatoms. The molecule has 1 saturated carbocycles. The third-order valence-corrected chi connectivity index (χ3v) is 2.80. The molecule has 1 saturated heterocycles. The predicted octanol–water partition coefficient (Wildman–Crippen LogP) is -0.107. The molecule has 0 aromatic carbocycles. The molecule has 1 aliphatic heterocycles. The number of nitrogens with two attached hydrogens (primary N) is 1. The molecule has 0 atom stereocenters. The molecule has 1 aliphatic carbocycles. The summed E-state index contributed by atoms with van der Waals surface area (Å²) in [4.78, 5) is 13.0. The molecule has 0 aromatic rings. The van der Waals surface area contributed by atoms with E-state index in [4.69, 9.17) is 5.73 Å². The fraction of sp³-hybridized carbons (Fsp3) is 0.875. The minimum Gasteiger partial charge on any atom is -0.336 e. The van der Waals surface area contributed by atoms with Crippen LogP contribution in [0.25, 0.3) is 0 Å². The molecule has 1 heterocycles. The van der Waals surface area contributed by atoms with Gasteiger partial charge in [-0.25, -0.2) is 4.79 Å². The van der Waals surface area contributed by atoms with Crippen LogP contribution in [0.15, 0.2) is 0 Å². The van der Waals surface area contributed by atoms with Gasteiger partial charge in [0.1, 0.15) is 0 Å². The lowest BCUT2D eigenvalue weighted by molar-refractivity contribution is 0.165. The van der Waals surface area contributed by atoms with E-state index in [1.54, 1.807) is 0 Å². The Bertz CT molecular complexity index is 200. The maximum absolute atomic E-state index is 11.2. The van der Waals surface area contributed by atoms with Gasteiger partial charge in [0.2, 0.25) is 0 Å². The number of rotatable bonds is 2. The quantitative estimate of drug-likeness (QED) is 0.606. The van der Waals surface area contributed by atoms with Crippen LogP contribution in [-0.2, 0) is 0 Å². The average molecular weight is 169 g/mol. The first-order valence-electron chi connectivity index (χ1n) is 4.51. The van der Waals surface area contributed by atoms with Crippen LogP contribution in [0.2, 0.25) is 0 Å². The smallest absolute Gasteiger partial charge is 0.317 e. The molecule has 0 aromatic heterocycles. The molecule has 68 valence electrons. The van der Waals surface area contributed by atoms with Crippen molar-refractivity contribution in [3.05, 3.63) is 0 Å². The standard InChI is InChI=1S/C8H15N3O/c9-8(2-1-3-8)6-11-5-4-10-7(11)12/h1-6,9H2,(H,10,12). The molecule has 0 radical (unpaired) electrons. The highest BCUT2D eigenvalue weighted by atomic mass is 16.2. The normalized spacial score (nSPS) is 26.8. The van der Waals surface area contributed by atoms with Gasteiger partial charge in [0.25, 0.3) is 0 Å². The van der Waals surface area contributed by atoms with Gasteiger partial charge in [-0.2, -0.15) is 0 Å². The summed E-state index contributed by atoms with van der Waals surface area (Å²) in [6.45, 7) is 2.32. The van der Waals surface area contributed by atoms with E-state index in [2.05, 4.69) is 5.32 Å². The SMILES string of the molecule is NC1(CN2CCNC2=O)CCC1. The minimum absolute atomic E-state index is 0.0479. The number of carbonyl (C=O) groups excluding carboxylic acids is 1. The van der Waals surface area contributed by atoms with E-state index in [1.165, 1.54) is 6.42 Å². The Hall–Kier alpha value is -0.770. The summed E-state index contributed by atoms with van der Waals surface area (Å²) in [5.41, 5.74) is 5.96. The van der Waals surface area contributed by atoms with E-state index in [1.807, 2.05) is 4.90 Å². The molecule has 0 unspecified atom stereocenters. The van der Waals surface area contributed by atoms with E-state index >= 15 is 0 Å². The largest absolute Gasteiger partial charge is 0.336 e. The Balaban J connectivity index is 1.89. The molecular formula is C8H15N3O. The highest BCUT2D eigenvalue weighted by molar-refractivity contribution is 5.76. The zero-order valence-electron chi connectivity index (χ0n) is 7.18. The lowest BCUT2D eigenvalue weighted by Gasteiger charge is -2.40. The van der Waals surface area contributed by atoms with Crippen molar-refractivity contribution < 1.29 is 4.79 Å². The van der Waals surface area contributed by atoms with Gasteiger partial charge in [-0.15, -0.1) is 0 Å². The molecule has 12 heavy (non-hydrogen) atoms. The number of nitrogens with zero attached hydrogens (tertiary/aromatic N) is 1. The molecule has 0 spiro atoms. The first-order valence-corrected chi connectivity index (χ1v) is 4.51. The van der Waals surface area contributed by atoms with Gasteiger partial charge in [-0.1, -0.05) is 0 Å². The molecule has 2 fully saturated rings. The summed E-state index contributed by atoms with van der Waals surface area (Å²) in [5, 5.41) is 2.77. The fourth-order valence-electron chi connectivity index (χ4n) is 1.83. The minimum atomic E-state index is -0.0678. The second-order valence-electron chi connectivity index (χ2n) is 3.87. The summed E-state index contributed by atoms with van der Waals surface area (Å²) in [7, 11) is 0. The Morgan fingerprint density at radius 3 is 2.75 bits per heavy atom. The second kappa shape index (κ2) is 2.62. The maximum atomic E-state index is 11.2. The number of urea groups is 1. The third-order valence-electron chi connectivity index (χ3n) is 2.80. The summed E-state index contributed by atoms with van der Waals surface area (Å²) in [6.07, 6.45) is 3.35. The van der Waals surface area contributed by atoms with Crippen LogP contribution in [0, 0.1) is 0 Å². The number of hydrogen-bond donors (Lipinski definition) is 2. The third kappa shape index (κ3) is 1.27. The van der Waals surface area contributed by atoms with Crippen molar-refractivity contribution in [2.75, 3.05) is 19.6 Å². The number of amides is 2. The summed E-state index contributed by atoms with van der Waals surface area (Å²) in [6, 6.07) is 0.0479. The molecule has 2 amide bonds. The van der Waals surface area contributed by atoms with E-state index in [-0.39, 0.29) is 11.6 Å². The van der Waals surface area contributed by atoms with Gasteiger partial charge in [-0.3, -0.25) is 0 Å². The number of nitrogens with one attached hydrogen (secondary N) is 1. The van der Waals surface area contributed by atoms with Crippen molar-refractivity contribution in [3.63, 3.8) is 0 Å². The Morgan fingerprint density at radius 1 is 1.58 bits per heavy atom. The van der Waals surface area contributed by atoms with Crippen molar-refractivity contribution in [2.24, 2.45) is 5.73 Å². The highest BCUT2D eigenvalue weighted by Gasteiger charge is 2.36.